The lowest BCUT2D eigenvalue weighted by atomic mass is 10.0. The Kier molecular flexibility index (Phi) is 5.20. The first-order valence-corrected chi connectivity index (χ1v) is 10.3. The molecule has 25 heavy (non-hydrogen) atoms. The van der Waals surface area contributed by atoms with Crippen LogP contribution in [0.1, 0.15) is 62.3 Å². The van der Waals surface area contributed by atoms with Crippen LogP contribution >= 0.6 is 11.8 Å². The average Bonchev–Trinajstić information content (AvgIpc) is 3.22. The van der Waals surface area contributed by atoms with E-state index >= 15 is 0 Å². The third-order valence-corrected chi connectivity index (χ3v) is 6.43. The number of thioether (sulfide) groups is 1. The Balaban J connectivity index is 1.34. The van der Waals surface area contributed by atoms with Crippen molar-refractivity contribution in [3.63, 3.8) is 0 Å². The van der Waals surface area contributed by atoms with Crippen LogP contribution in [0, 0.1) is 0 Å². The second-order valence-corrected chi connectivity index (χ2v) is 8.57. The van der Waals surface area contributed by atoms with Gasteiger partial charge in [0.1, 0.15) is 5.76 Å². The van der Waals surface area contributed by atoms with Gasteiger partial charge in [-0.25, -0.2) is 0 Å². The molecule has 0 bridgehead atoms. The Morgan fingerprint density at radius 1 is 1.28 bits per heavy atom. The summed E-state index contributed by atoms with van der Waals surface area (Å²) in [5.74, 6) is 1.04. The van der Waals surface area contributed by atoms with Crippen molar-refractivity contribution in [1.29, 1.82) is 0 Å². The standard InChI is InChI=1S/C19H27N3O2S/c1-14(23)18-11-15-12-21(9-10-22(15)20-18)13-16-7-8-19(24-16)25-17-5-3-2-4-6-17/h7-8,11,14,17,23H,2-6,9-10,12-13H2,1H3/t14-/m0/s1. The van der Waals surface area contributed by atoms with Crippen molar-refractivity contribution in [3.8, 4) is 0 Å². The molecule has 136 valence electrons. The van der Waals surface area contributed by atoms with Crippen LogP contribution in [-0.4, -0.2) is 31.6 Å². The number of aliphatic hydroxyl groups excluding tert-OH is 1. The van der Waals surface area contributed by atoms with Crippen LogP contribution in [0.5, 0.6) is 0 Å². The van der Waals surface area contributed by atoms with Crippen molar-refractivity contribution in [3.05, 3.63) is 35.3 Å². The highest BCUT2D eigenvalue weighted by Gasteiger charge is 2.21. The molecule has 3 heterocycles. The molecule has 6 heteroatoms. The maximum absolute atomic E-state index is 9.70. The number of furan rings is 1. The lowest BCUT2D eigenvalue weighted by Crippen LogP contribution is -2.33. The quantitative estimate of drug-likeness (QED) is 0.873. The highest BCUT2D eigenvalue weighted by Crippen LogP contribution is 2.34. The second kappa shape index (κ2) is 7.56. The molecular formula is C19H27N3O2S. The Bertz CT molecular complexity index is 703. The summed E-state index contributed by atoms with van der Waals surface area (Å²) in [4.78, 5) is 2.39. The van der Waals surface area contributed by atoms with E-state index in [2.05, 4.69) is 22.1 Å². The van der Waals surface area contributed by atoms with Gasteiger partial charge in [0.05, 0.1) is 30.6 Å². The first-order valence-electron chi connectivity index (χ1n) is 9.40. The van der Waals surface area contributed by atoms with E-state index in [-0.39, 0.29) is 0 Å². The zero-order valence-electron chi connectivity index (χ0n) is 14.9. The molecule has 1 saturated carbocycles. The Hall–Kier alpha value is -1.24. The maximum Gasteiger partial charge on any atom is 0.160 e. The molecule has 1 aliphatic heterocycles. The van der Waals surface area contributed by atoms with Crippen molar-refractivity contribution in [1.82, 2.24) is 14.7 Å². The monoisotopic (exact) mass is 361 g/mol. The minimum Gasteiger partial charge on any atom is -0.454 e. The topological polar surface area (TPSA) is 54.4 Å². The summed E-state index contributed by atoms with van der Waals surface area (Å²) >= 11 is 1.92. The largest absolute Gasteiger partial charge is 0.454 e. The minimum atomic E-state index is -0.504. The molecule has 2 aromatic rings. The first-order chi connectivity index (χ1) is 12.2. The summed E-state index contributed by atoms with van der Waals surface area (Å²) in [6, 6.07) is 6.27. The molecule has 5 nitrogen and oxygen atoms in total. The molecule has 0 aromatic carbocycles. The highest BCUT2D eigenvalue weighted by atomic mass is 32.2. The fraction of sp³-hybridized carbons (Fsp3) is 0.632. The average molecular weight is 362 g/mol. The molecule has 1 atom stereocenters. The predicted octanol–water partition coefficient (Wildman–Crippen LogP) is 3.97. The summed E-state index contributed by atoms with van der Waals surface area (Å²) in [6.07, 6.45) is 6.26. The molecule has 4 rings (SSSR count). The van der Waals surface area contributed by atoms with Crippen molar-refractivity contribution in [2.45, 2.75) is 75.1 Å². The van der Waals surface area contributed by atoms with E-state index < -0.39 is 6.10 Å². The zero-order chi connectivity index (χ0) is 17.2. The summed E-state index contributed by atoms with van der Waals surface area (Å²) in [5.41, 5.74) is 1.94. The third-order valence-electron chi connectivity index (χ3n) is 5.18. The zero-order valence-corrected chi connectivity index (χ0v) is 15.7. The lowest BCUT2D eigenvalue weighted by Gasteiger charge is -2.26. The van der Waals surface area contributed by atoms with E-state index in [0.717, 1.165) is 48.0 Å². The van der Waals surface area contributed by atoms with Crippen LogP contribution in [0.4, 0.5) is 0 Å². The minimum absolute atomic E-state index is 0.504. The Morgan fingerprint density at radius 2 is 2.12 bits per heavy atom. The van der Waals surface area contributed by atoms with E-state index in [1.807, 2.05) is 22.5 Å². The first kappa shape index (κ1) is 17.2. The Labute approximate surface area is 153 Å². The van der Waals surface area contributed by atoms with Gasteiger partial charge >= 0.3 is 0 Å². The van der Waals surface area contributed by atoms with Gasteiger partial charge in [-0.05, 0) is 38.0 Å². The van der Waals surface area contributed by atoms with Gasteiger partial charge in [-0.1, -0.05) is 31.0 Å². The van der Waals surface area contributed by atoms with Gasteiger partial charge in [-0.3, -0.25) is 9.58 Å². The van der Waals surface area contributed by atoms with Gasteiger partial charge in [-0.15, -0.1) is 0 Å². The smallest absolute Gasteiger partial charge is 0.160 e. The fourth-order valence-corrected chi connectivity index (χ4v) is 4.96. The molecule has 0 amide bonds. The molecule has 1 aliphatic carbocycles. The summed E-state index contributed by atoms with van der Waals surface area (Å²) in [7, 11) is 0. The number of aliphatic hydroxyl groups is 1. The SMILES string of the molecule is C[C@H](O)c1cc2n(n1)CCN(Cc1ccc(SC3CCCCC3)o1)C2. The number of nitrogens with zero attached hydrogens (tertiary/aromatic N) is 3. The van der Waals surface area contributed by atoms with Crippen molar-refractivity contribution < 1.29 is 9.52 Å². The number of fused-ring (bicyclic) bond motifs is 1. The third kappa shape index (κ3) is 4.13. The summed E-state index contributed by atoms with van der Waals surface area (Å²) in [5, 5.41) is 16.0. The van der Waals surface area contributed by atoms with Gasteiger partial charge in [0.2, 0.25) is 0 Å². The lowest BCUT2D eigenvalue weighted by molar-refractivity contribution is 0.182. The van der Waals surface area contributed by atoms with E-state index in [9.17, 15) is 5.11 Å². The van der Waals surface area contributed by atoms with Crippen LogP contribution in [0.15, 0.2) is 27.7 Å². The summed E-state index contributed by atoms with van der Waals surface area (Å²) in [6.45, 7) is 5.28. The van der Waals surface area contributed by atoms with Crippen LogP contribution < -0.4 is 0 Å². The molecule has 0 spiro atoms. The van der Waals surface area contributed by atoms with E-state index in [1.54, 1.807) is 6.92 Å². The van der Waals surface area contributed by atoms with Crippen LogP contribution in [0.3, 0.4) is 0 Å². The highest BCUT2D eigenvalue weighted by molar-refractivity contribution is 7.99. The van der Waals surface area contributed by atoms with Gasteiger partial charge < -0.3 is 9.52 Å². The molecule has 1 fully saturated rings. The summed E-state index contributed by atoms with van der Waals surface area (Å²) < 4.78 is 8.10. The van der Waals surface area contributed by atoms with Crippen LogP contribution in [0.25, 0.3) is 0 Å². The molecule has 1 N–H and O–H groups in total. The molecule has 0 saturated heterocycles. The fourth-order valence-electron chi connectivity index (χ4n) is 3.76. The van der Waals surface area contributed by atoms with Crippen LogP contribution in [-0.2, 0) is 19.6 Å². The van der Waals surface area contributed by atoms with Gasteiger partial charge in [-0.2, -0.15) is 5.10 Å². The van der Waals surface area contributed by atoms with Gasteiger partial charge in [0.25, 0.3) is 0 Å². The number of aromatic nitrogens is 2. The van der Waals surface area contributed by atoms with Crippen molar-refractivity contribution >= 4 is 11.8 Å². The van der Waals surface area contributed by atoms with Gasteiger partial charge in [0.15, 0.2) is 5.09 Å². The maximum atomic E-state index is 9.70. The van der Waals surface area contributed by atoms with E-state index in [0.29, 0.717) is 0 Å². The number of rotatable bonds is 5. The second-order valence-electron chi connectivity index (χ2n) is 7.27. The van der Waals surface area contributed by atoms with E-state index in [1.165, 1.54) is 37.8 Å². The van der Waals surface area contributed by atoms with Crippen molar-refractivity contribution in [2.24, 2.45) is 0 Å². The Morgan fingerprint density at radius 3 is 2.92 bits per heavy atom. The molecule has 2 aliphatic rings. The predicted molar refractivity (Wildman–Crippen MR) is 98.4 cm³/mol. The van der Waals surface area contributed by atoms with Gasteiger partial charge in [0, 0.05) is 18.3 Å². The van der Waals surface area contributed by atoms with E-state index in [4.69, 9.17) is 4.42 Å². The number of hydrogen-bond acceptors (Lipinski definition) is 5. The molecular weight excluding hydrogens is 334 g/mol. The molecule has 2 aromatic heterocycles. The molecule has 0 unspecified atom stereocenters. The molecule has 0 radical (unpaired) electrons. The normalized spacial score (nSPS) is 20.6. The van der Waals surface area contributed by atoms with Crippen LogP contribution in [0.2, 0.25) is 0 Å². The van der Waals surface area contributed by atoms with Crippen molar-refractivity contribution in [2.75, 3.05) is 6.54 Å². The number of hydrogen-bond donors (Lipinski definition) is 1.